The van der Waals surface area contributed by atoms with Gasteiger partial charge in [0.25, 0.3) is 10.1 Å². The van der Waals surface area contributed by atoms with Gasteiger partial charge in [0.2, 0.25) is 5.79 Å². The van der Waals surface area contributed by atoms with Crippen LogP contribution in [0.5, 0.6) is 0 Å². The van der Waals surface area contributed by atoms with E-state index in [1.54, 1.807) is 25.2 Å². The van der Waals surface area contributed by atoms with Gasteiger partial charge in [-0.05, 0) is 95.6 Å². The summed E-state index contributed by atoms with van der Waals surface area (Å²) in [5, 5.41) is 23.1. The summed E-state index contributed by atoms with van der Waals surface area (Å²) in [4.78, 5) is 33.1. The monoisotopic (exact) mass is 884 g/mol. The fourth-order valence-electron chi connectivity index (χ4n) is 10.9. The van der Waals surface area contributed by atoms with E-state index in [0.717, 1.165) is 12.7 Å². The SMILES string of the molecule is C=CCOC(=O)[C@H](CC)[C@H]1CC[C@H](C)[C@H]([C@@H](C)[C@H](O)[C@H](C)C(=O)[C@H](CC)[C@H]2O[C@]3(C=C[C@@H](OOS(C)(=O)=O)[C@]4(CC[C@@](C)([C@H]5CC[C@](O)(CC)[C@H](C)O5)O4)O3)[C@H](C)C[C@@H]2C)O1. The van der Waals surface area contributed by atoms with Gasteiger partial charge in [0.15, 0.2) is 11.9 Å². The Bertz CT molecular complexity index is 1670. The van der Waals surface area contributed by atoms with Gasteiger partial charge < -0.3 is 38.6 Å². The van der Waals surface area contributed by atoms with E-state index in [0.29, 0.717) is 51.4 Å². The van der Waals surface area contributed by atoms with E-state index in [1.807, 2.05) is 48.5 Å². The number of hydrogen-bond acceptors (Lipinski definition) is 14. The lowest BCUT2D eigenvalue weighted by Crippen LogP contribution is -2.63. The largest absolute Gasteiger partial charge is 0.461 e. The van der Waals surface area contributed by atoms with E-state index in [-0.39, 0.29) is 54.7 Å². The van der Waals surface area contributed by atoms with Crippen LogP contribution in [0.3, 0.4) is 0 Å². The van der Waals surface area contributed by atoms with Crippen molar-refractivity contribution in [3.05, 3.63) is 24.8 Å². The van der Waals surface area contributed by atoms with E-state index in [1.165, 1.54) is 0 Å². The van der Waals surface area contributed by atoms with Gasteiger partial charge in [0, 0.05) is 30.1 Å². The topological polar surface area (TPSA) is 183 Å². The van der Waals surface area contributed by atoms with Gasteiger partial charge in [-0.2, -0.15) is 8.42 Å². The number of aliphatic hydroxyl groups excluding tert-OH is 1. The lowest BCUT2D eigenvalue weighted by Gasteiger charge is -2.54. The second-order valence-corrected chi connectivity index (χ2v) is 20.9. The van der Waals surface area contributed by atoms with Gasteiger partial charge in [-0.1, -0.05) is 68.0 Å². The van der Waals surface area contributed by atoms with Crippen molar-refractivity contribution in [3.8, 4) is 0 Å². The summed E-state index contributed by atoms with van der Waals surface area (Å²) in [6, 6.07) is 0. The molecule has 61 heavy (non-hydrogen) atoms. The molecule has 2 N–H and O–H groups in total. The van der Waals surface area contributed by atoms with Crippen molar-refractivity contribution in [3.63, 3.8) is 0 Å². The predicted octanol–water partition coefficient (Wildman–Crippen LogP) is 6.75. The van der Waals surface area contributed by atoms with Crippen LogP contribution in [0, 0.1) is 41.4 Å². The first-order chi connectivity index (χ1) is 28.5. The Kier molecular flexibility index (Phi) is 16.3. The molecule has 0 saturated carbocycles. The van der Waals surface area contributed by atoms with Gasteiger partial charge in [-0.3, -0.25) is 9.59 Å². The highest BCUT2D eigenvalue weighted by molar-refractivity contribution is 7.85. The van der Waals surface area contributed by atoms with Crippen LogP contribution in [-0.2, 0) is 57.3 Å². The number of ketones is 1. The molecule has 14 nitrogen and oxygen atoms in total. The highest BCUT2D eigenvalue weighted by Crippen LogP contribution is 2.54. The minimum Gasteiger partial charge on any atom is -0.461 e. The summed E-state index contributed by atoms with van der Waals surface area (Å²) in [6.07, 6.45) is 7.02. The zero-order chi connectivity index (χ0) is 45.3. The van der Waals surface area contributed by atoms with Crippen LogP contribution in [0.1, 0.15) is 133 Å². The number of aliphatic hydroxyl groups is 2. The average molecular weight is 885 g/mol. The number of Topliss-reactive ketones (excluding diaryl/α,β-unsaturated/α-hetero) is 1. The van der Waals surface area contributed by atoms with Crippen molar-refractivity contribution in [2.75, 3.05) is 12.9 Å². The third-order valence-corrected chi connectivity index (χ3v) is 15.3. The third kappa shape index (κ3) is 10.5. The minimum absolute atomic E-state index is 0.0646. The first-order valence-corrected chi connectivity index (χ1v) is 24.7. The van der Waals surface area contributed by atoms with Crippen molar-refractivity contribution in [2.24, 2.45) is 41.4 Å². The van der Waals surface area contributed by atoms with Gasteiger partial charge in [0.1, 0.15) is 12.4 Å². The van der Waals surface area contributed by atoms with Crippen LogP contribution in [0.2, 0.25) is 0 Å². The van der Waals surface area contributed by atoms with Crippen LogP contribution in [-0.4, -0.2) is 109 Å². The summed E-state index contributed by atoms with van der Waals surface area (Å²) in [6.45, 7) is 23.2. The molecule has 2 spiro atoms. The predicted molar refractivity (Wildman–Crippen MR) is 227 cm³/mol. The number of rotatable bonds is 17. The molecule has 0 bridgehead atoms. The molecule has 350 valence electrons. The molecular weight excluding hydrogens is 809 g/mol. The number of esters is 1. The zero-order valence-corrected chi connectivity index (χ0v) is 39.3. The van der Waals surface area contributed by atoms with Crippen molar-refractivity contribution >= 4 is 21.9 Å². The van der Waals surface area contributed by atoms with Crippen LogP contribution in [0.4, 0.5) is 0 Å². The number of carbonyl (C=O) groups excluding carboxylic acids is 2. The van der Waals surface area contributed by atoms with Crippen molar-refractivity contribution in [2.45, 2.75) is 199 Å². The van der Waals surface area contributed by atoms with Gasteiger partial charge in [-0.15, -0.1) is 4.33 Å². The highest BCUT2D eigenvalue weighted by Gasteiger charge is 2.64. The van der Waals surface area contributed by atoms with Crippen molar-refractivity contribution in [1.82, 2.24) is 0 Å². The van der Waals surface area contributed by atoms with Gasteiger partial charge >= 0.3 is 5.97 Å². The van der Waals surface area contributed by atoms with Crippen molar-refractivity contribution < 1.29 is 65.9 Å². The number of hydrogen-bond donors (Lipinski definition) is 2. The molecule has 0 amide bonds. The number of ether oxygens (including phenoxy) is 6. The molecule has 5 rings (SSSR count). The van der Waals surface area contributed by atoms with Gasteiger partial charge in [-0.25, -0.2) is 4.89 Å². The molecule has 0 aromatic rings. The molecule has 5 aliphatic rings. The molecule has 0 aromatic heterocycles. The van der Waals surface area contributed by atoms with E-state index >= 15 is 0 Å². The molecule has 0 aliphatic carbocycles. The highest BCUT2D eigenvalue weighted by atomic mass is 32.2. The quantitative estimate of drug-likeness (QED) is 0.0677. The summed E-state index contributed by atoms with van der Waals surface area (Å²) >= 11 is 0. The lowest BCUT2D eigenvalue weighted by atomic mass is 9.72. The van der Waals surface area contributed by atoms with Crippen LogP contribution < -0.4 is 0 Å². The van der Waals surface area contributed by atoms with Crippen LogP contribution in [0.25, 0.3) is 0 Å². The Balaban J connectivity index is 1.36. The summed E-state index contributed by atoms with van der Waals surface area (Å²) in [5.41, 5.74) is -1.85. The Labute approximate surface area is 364 Å². The summed E-state index contributed by atoms with van der Waals surface area (Å²) in [5.74, 6) is -5.80. The maximum atomic E-state index is 14.7. The molecule has 4 saturated heterocycles. The first-order valence-electron chi connectivity index (χ1n) is 22.9. The first kappa shape index (κ1) is 50.2. The molecule has 0 aromatic carbocycles. The fraction of sp³-hybridized carbons (Fsp3) is 0.870. The Hall–Kier alpha value is -1.79. The Morgan fingerprint density at radius 2 is 1.64 bits per heavy atom. The standard InChI is InChI=1S/C46H76O14S/c1-13-25-53-42(49)33(14-2)35-18-17-27(5)40(55-35)31(9)38(47)30(8)39(48)34(15-3)41-28(6)26-29(7)45(56-41)22-20-37(57-60-61(12,51)52)46(59-45)24-23-43(11,58-46)36-19-21-44(50,16-4)32(10)54-36/h13,20,22,27-38,40-41,47,50H,1,14-19,21,23-26H2,2-12H3/t27-,28-,29+,30-,31-,32-,33+,34-,35+,36+,37+,38+,40+,41-,43-,44+,45-,46-/m0/s1. The Morgan fingerprint density at radius 3 is 2.25 bits per heavy atom. The molecule has 0 unspecified atom stereocenters. The lowest BCUT2D eigenvalue weighted by molar-refractivity contribution is -0.430. The third-order valence-electron chi connectivity index (χ3n) is 15.0. The average Bonchev–Trinajstić information content (AvgIpc) is 3.55. The fourth-order valence-corrected chi connectivity index (χ4v) is 11.2. The molecule has 18 atom stereocenters. The molecule has 0 radical (unpaired) electrons. The molecular formula is C46H76O14S. The summed E-state index contributed by atoms with van der Waals surface area (Å²) in [7, 11) is -4.01. The van der Waals surface area contributed by atoms with Crippen molar-refractivity contribution in [1.29, 1.82) is 0 Å². The van der Waals surface area contributed by atoms with E-state index in [9.17, 15) is 28.2 Å². The number of carbonyl (C=O) groups is 2. The normalized spacial score (nSPS) is 41.8. The zero-order valence-electron chi connectivity index (χ0n) is 38.5. The van der Waals surface area contributed by atoms with Crippen LogP contribution >= 0.6 is 0 Å². The minimum atomic E-state index is -4.01. The van der Waals surface area contributed by atoms with E-state index in [2.05, 4.69) is 20.4 Å². The molecule has 15 heteroatoms. The second kappa shape index (κ2) is 19.8. The Morgan fingerprint density at radius 1 is 0.951 bits per heavy atom. The summed E-state index contributed by atoms with van der Waals surface area (Å²) < 4.78 is 68.6. The maximum absolute atomic E-state index is 14.7. The van der Waals surface area contributed by atoms with E-state index in [4.69, 9.17) is 37.6 Å². The molecule has 4 fully saturated rings. The molecule has 5 aliphatic heterocycles. The molecule has 5 heterocycles. The second-order valence-electron chi connectivity index (χ2n) is 19.3. The van der Waals surface area contributed by atoms with Gasteiger partial charge in [0.05, 0.1) is 60.0 Å². The van der Waals surface area contributed by atoms with E-state index < -0.39 is 87.1 Å². The van der Waals surface area contributed by atoms with Crippen LogP contribution in [0.15, 0.2) is 24.8 Å². The maximum Gasteiger partial charge on any atom is 0.311 e. The smallest absolute Gasteiger partial charge is 0.311 e.